The first-order chi connectivity index (χ1) is 8.08. The Kier molecular flexibility index (Phi) is 3.24. The summed E-state index contributed by atoms with van der Waals surface area (Å²) in [5, 5.41) is 17.4. The molecule has 0 aliphatic heterocycles. The first-order valence-corrected chi connectivity index (χ1v) is 5.78. The molecule has 1 aromatic heterocycles. The molecule has 0 saturated heterocycles. The van der Waals surface area contributed by atoms with Crippen LogP contribution in [0.3, 0.4) is 0 Å². The zero-order valence-electron chi connectivity index (χ0n) is 10.3. The molecule has 1 N–H and O–H groups in total. The fraction of sp³-hybridized carbons (Fsp3) is 0.385. The van der Waals surface area contributed by atoms with Gasteiger partial charge in [-0.25, -0.2) is 4.68 Å². The van der Waals surface area contributed by atoms with Crippen molar-refractivity contribution < 1.29 is 5.11 Å². The minimum Gasteiger partial charge on any atom is -0.387 e. The predicted molar refractivity (Wildman–Crippen MR) is 66.1 cm³/mol. The maximum absolute atomic E-state index is 9.41. The number of aromatic nitrogens is 3. The molecular weight excluding hydrogens is 214 g/mol. The van der Waals surface area contributed by atoms with Crippen molar-refractivity contribution in [2.45, 2.75) is 32.8 Å². The number of nitrogens with zero attached hydrogens (tertiary/aromatic N) is 3. The number of aliphatic hydroxyl groups excluding tert-OH is 1. The van der Waals surface area contributed by atoms with E-state index in [0.717, 1.165) is 5.69 Å². The highest BCUT2D eigenvalue weighted by Gasteiger charge is 2.08. The molecule has 17 heavy (non-hydrogen) atoms. The van der Waals surface area contributed by atoms with Crippen LogP contribution in [0.4, 0.5) is 0 Å². The Labute approximate surface area is 101 Å². The van der Waals surface area contributed by atoms with E-state index < -0.39 is 6.10 Å². The topological polar surface area (TPSA) is 50.9 Å². The van der Waals surface area contributed by atoms with E-state index in [-0.39, 0.29) is 0 Å². The third kappa shape index (κ3) is 2.53. The van der Waals surface area contributed by atoms with E-state index in [0.29, 0.717) is 11.6 Å². The van der Waals surface area contributed by atoms with E-state index in [1.54, 1.807) is 17.8 Å². The van der Waals surface area contributed by atoms with E-state index in [4.69, 9.17) is 0 Å². The van der Waals surface area contributed by atoms with Crippen molar-refractivity contribution in [2.24, 2.45) is 0 Å². The van der Waals surface area contributed by atoms with Crippen LogP contribution in [0.1, 0.15) is 44.1 Å². The van der Waals surface area contributed by atoms with Gasteiger partial charge in [0.1, 0.15) is 5.69 Å². The highest BCUT2D eigenvalue weighted by Crippen LogP contribution is 2.18. The first-order valence-electron chi connectivity index (χ1n) is 5.78. The lowest BCUT2D eigenvalue weighted by atomic mass is 10.0. The molecule has 90 valence electrons. The van der Waals surface area contributed by atoms with Gasteiger partial charge in [0.2, 0.25) is 0 Å². The molecule has 0 aliphatic carbocycles. The lowest BCUT2D eigenvalue weighted by Gasteiger charge is -2.07. The van der Waals surface area contributed by atoms with Crippen molar-refractivity contribution in [3.63, 3.8) is 0 Å². The molecule has 1 unspecified atom stereocenters. The van der Waals surface area contributed by atoms with Crippen molar-refractivity contribution in [1.82, 2.24) is 15.0 Å². The van der Waals surface area contributed by atoms with E-state index >= 15 is 0 Å². The molecule has 0 fully saturated rings. The van der Waals surface area contributed by atoms with Gasteiger partial charge in [0.25, 0.3) is 0 Å². The van der Waals surface area contributed by atoms with Crippen LogP contribution in [0.2, 0.25) is 0 Å². The molecule has 0 bridgehead atoms. The molecule has 0 aliphatic rings. The summed E-state index contributed by atoms with van der Waals surface area (Å²) >= 11 is 0. The van der Waals surface area contributed by atoms with Gasteiger partial charge in [-0.15, -0.1) is 5.10 Å². The molecule has 1 atom stereocenters. The number of benzene rings is 1. The normalized spacial score (nSPS) is 13.0. The zero-order chi connectivity index (χ0) is 12.4. The van der Waals surface area contributed by atoms with E-state index in [1.807, 2.05) is 12.1 Å². The summed E-state index contributed by atoms with van der Waals surface area (Å²) in [6, 6.07) is 8.17. The minimum atomic E-state index is -0.586. The molecule has 0 saturated carbocycles. The summed E-state index contributed by atoms with van der Waals surface area (Å²) in [5.74, 6) is 0.481. The van der Waals surface area contributed by atoms with Gasteiger partial charge in [-0.1, -0.05) is 31.2 Å². The van der Waals surface area contributed by atoms with Crippen LogP contribution in [-0.2, 0) is 0 Å². The Morgan fingerprint density at radius 3 is 2.59 bits per heavy atom. The van der Waals surface area contributed by atoms with Crippen LogP contribution in [0, 0.1) is 0 Å². The average molecular weight is 231 g/mol. The second kappa shape index (κ2) is 4.67. The Balaban J connectivity index is 2.35. The lowest BCUT2D eigenvalue weighted by Crippen LogP contribution is -1.97. The summed E-state index contributed by atoms with van der Waals surface area (Å²) in [5.41, 5.74) is 2.81. The quantitative estimate of drug-likeness (QED) is 0.882. The van der Waals surface area contributed by atoms with Gasteiger partial charge >= 0.3 is 0 Å². The van der Waals surface area contributed by atoms with Crippen LogP contribution in [0.25, 0.3) is 5.69 Å². The second-order valence-electron chi connectivity index (χ2n) is 4.51. The zero-order valence-corrected chi connectivity index (χ0v) is 10.3. The standard InChI is InChI=1S/C13H17N3O/c1-9(2)11-5-4-6-12(7-11)16-8-13(10(3)17)14-15-16/h4-10,17H,1-3H3. The lowest BCUT2D eigenvalue weighted by molar-refractivity contribution is 0.194. The summed E-state index contributed by atoms with van der Waals surface area (Å²) in [6.45, 7) is 5.99. The predicted octanol–water partition coefficient (Wildman–Crippen LogP) is 2.44. The van der Waals surface area contributed by atoms with E-state index in [9.17, 15) is 5.11 Å². The van der Waals surface area contributed by atoms with Gasteiger partial charge in [0, 0.05) is 0 Å². The maximum atomic E-state index is 9.41. The summed E-state index contributed by atoms with van der Waals surface area (Å²) < 4.78 is 1.69. The van der Waals surface area contributed by atoms with Crippen LogP contribution >= 0.6 is 0 Å². The number of hydrogen-bond donors (Lipinski definition) is 1. The van der Waals surface area contributed by atoms with Gasteiger partial charge in [-0.2, -0.15) is 0 Å². The van der Waals surface area contributed by atoms with Gasteiger partial charge < -0.3 is 5.11 Å². The summed E-state index contributed by atoms with van der Waals surface area (Å²) in [6.07, 6.45) is 1.17. The van der Waals surface area contributed by atoms with Crippen molar-refractivity contribution >= 4 is 0 Å². The highest BCUT2D eigenvalue weighted by atomic mass is 16.3. The molecule has 0 spiro atoms. The molecule has 2 aromatic rings. The van der Waals surface area contributed by atoms with Crippen LogP contribution in [-0.4, -0.2) is 20.1 Å². The van der Waals surface area contributed by atoms with Gasteiger partial charge in [-0.05, 0) is 30.5 Å². The minimum absolute atomic E-state index is 0.481. The van der Waals surface area contributed by atoms with Gasteiger partial charge in [0.05, 0.1) is 18.0 Å². The van der Waals surface area contributed by atoms with Crippen molar-refractivity contribution in [3.8, 4) is 5.69 Å². The Bertz CT molecular complexity index is 503. The molecule has 2 rings (SSSR count). The fourth-order valence-electron chi connectivity index (χ4n) is 1.62. The van der Waals surface area contributed by atoms with E-state index in [1.165, 1.54) is 5.56 Å². The van der Waals surface area contributed by atoms with E-state index in [2.05, 4.69) is 36.3 Å². The Morgan fingerprint density at radius 1 is 1.24 bits per heavy atom. The Hall–Kier alpha value is -1.68. The van der Waals surface area contributed by atoms with Gasteiger partial charge in [0.15, 0.2) is 0 Å². The van der Waals surface area contributed by atoms with Crippen LogP contribution in [0.5, 0.6) is 0 Å². The van der Waals surface area contributed by atoms with Crippen LogP contribution < -0.4 is 0 Å². The smallest absolute Gasteiger partial charge is 0.111 e. The molecule has 0 amide bonds. The third-order valence-electron chi connectivity index (χ3n) is 2.74. The SMILES string of the molecule is CC(C)c1cccc(-n2cc(C(C)O)nn2)c1. The second-order valence-corrected chi connectivity index (χ2v) is 4.51. The van der Waals surface area contributed by atoms with Crippen molar-refractivity contribution in [3.05, 3.63) is 41.7 Å². The molecular formula is C13H17N3O. The monoisotopic (exact) mass is 231 g/mol. The number of aliphatic hydroxyl groups is 1. The molecule has 1 aromatic carbocycles. The van der Waals surface area contributed by atoms with Crippen molar-refractivity contribution in [1.29, 1.82) is 0 Å². The summed E-state index contributed by atoms with van der Waals surface area (Å²) in [4.78, 5) is 0. The molecule has 4 nitrogen and oxygen atoms in total. The Morgan fingerprint density at radius 2 is 2.00 bits per heavy atom. The number of hydrogen-bond acceptors (Lipinski definition) is 3. The summed E-state index contributed by atoms with van der Waals surface area (Å²) in [7, 11) is 0. The van der Waals surface area contributed by atoms with Gasteiger partial charge in [-0.3, -0.25) is 0 Å². The maximum Gasteiger partial charge on any atom is 0.111 e. The first kappa shape index (κ1) is 11.8. The fourth-order valence-corrected chi connectivity index (χ4v) is 1.62. The average Bonchev–Trinajstić information content (AvgIpc) is 2.78. The van der Waals surface area contributed by atoms with Crippen LogP contribution in [0.15, 0.2) is 30.5 Å². The van der Waals surface area contributed by atoms with Crippen molar-refractivity contribution in [2.75, 3.05) is 0 Å². The largest absolute Gasteiger partial charge is 0.387 e. The molecule has 4 heteroatoms. The highest BCUT2D eigenvalue weighted by molar-refractivity contribution is 5.36. The molecule has 0 radical (unpaired) electrons. The number of rotatable bonds is 3. The third-order valence-corrected chi connectivity index (χ3v) is 2.74. The molecule has 1 heterocycles.